The van der Waals surface area contributed by atoms with Gasteiger partial charge in [0.1, 0.15) is 0 Å². The zero-order valence-electron chi connectivity index (χ0n) is 11.0. The van der Waals surface area contributed by atoms with Gasteiger partial charge >= 0.3 is 6.18 Å². The van der Waals surface area contributed by atoms with Crippen molar-refractivity contribution < 1.29 is 13.2 Å². The molecule has 0 amide bonds. The maximum Gasteiger partial charge on any atom is 0.416 e. The molecule has 0 aliphatic carbocycles. The van der Waals surface area contributed by atoms with Crippen LogP contribution in [-0.2, 0) is 6.18 Å². The number of piperazine rings is 1. The van der Waals surface area contributed by atoms with E-state index in [0.29, 0.717) is 5.56 Å². The highest BCUT2D eigenvalue weighted by Gasteiger charge is 2.32. The molecule has 0 saturated carbocycles. The highest BCUT2D eigenvalue weighted by Crippen LogP contribution is 2.34. The zero-order valence-corrected chi connectivity index (χ0v) is 12.6. The Morgan fingerprint density at radius 2 is 1.80 bits per heavy atom. The predicted molar refractivity (Wildman–Crippen MR) is 76.6 cm³/mol. The molecule has 2 rings (SSSR count). The first-order valence-electron chi connectivity index (χ1n) is 6.20. The molecule has 0 bridgehead atoms. The lowest BCUT2D eigenvalue weighted by molar-refractivity contribution is -0.137. The van der Waals surface area contributed by atoms with Gasteiger partial charge in [0.15, 0.2) is 0 Å². The number of alkyl halides is 3. The third-order valence-electron chi connectivity index (χ3n) is 3.43. The van der Waals surface area contributed by atoms with Gasteiger partial charge in [-0.1, -0.05) is 11.6 Å². The van der Waals surface area contributed by atoms with Gasteiger partial charge in [-0.25, -0.2) is 0 Å². The van der Waals surface area contributed by atoms with Crippen molar-refractivity contribution in [1.82, 2.24) is 10.2 Å². The Bertz CT molecular complexity index is 446. The average Bonchev–Trinajstić information content (AvgIpc) is 2.37. The highest BCUT2D eigenvalue weighted by molar-refractivity contribution is 6.30. The highest BCUT2D eigenvalue weighted by atomic mass is 35.5. The normalized spacial score (nSPS) is 18.4. The SMILES string of the molecule is C[C@H](c1cc(Cl)cc(C(F)(F)F)c1)N1CCNCC1.Cl. The topological polar surface area (TPSA) is 15.3 Å². The second-order valence-electron chi connectivity index (χ2n) is 4.73. The number of hydrogen-bond acceptors (Lipinski definition) is 2. The molecule has 0 radical (unpaired) electrons. The van der Waals surface area contributed by atoms with Crippen molar-refractivity contribution in [2.24, 2.45) is 0 Å². The maximum atomic E-state index is 12.8. The van der Waals surface area contributed by atoms with Gasteiger partial charge in [-0.05, 0) is 30.7 Å². The molecule has 1 aliphatic rings. The van der Waals surface area contributed by atoms with E-state index in [2.05, 4.69) is 10.2 Å². The minimum absolute atomic E-state index is 0. The van der Waals surface area contributed by atoms with Crippen LogP contribution in [0.3, 0.4) is 0 Å². The lowest BCUT2D eigenvalue weighted by Crippen LogP contribution is -2.44. The standard InChI is InChI=1S/C13H16ClF3N2.ClH/c1-9(19-4-2-18-3-5-19)10-6-11(13(15,16)17)8-12(14)7-10;/h6-9,18H,2-5H2,1H3;1H/t9-;/m1./s1. The summed E-state index contributed by atoms with van der Waals surface area (Å²) in [7, 11) is 0. The van der Waals surface area contributed by atoms with Crippen molar-refractivity contribution in [1.29, 1.82) is 0 Å². The Hall–Kier alpha value is -0.490. The fourth-order valence-electron chi connectivity index (χ4n) is 2.30. The van der Waals surface area contributed by atoms with Crippen LogP contribution in [0, 0.1) is 0 Å². The molecule has 0 unspecified atom stereocenters. The summed E-state index contributed by atoms with van der Waals surface area (Å²) in [6.07, 6.45) is -4.36. The summed E-state index contributed by atoms with van der Waals surface area (Å²) in [5.41, 5.74) is -0.0706. The Morgan fingerprint density at radius 3 is 2.35 bits per heavy atom. The van der Waals surface area contributed by atoms with E-state index < -0.39 is 11.7 Å². The van der Waals surface area contributed by atoms with E-state index in [1.807, 2.05) is 6.92 Å². The number of nitrogens with zero attached hydrogens (tertiary/aromatic N) is 1. The van der Waals surface area contributed by atoms with Crippen LogP contribution in [0.5, 0.6) is 0 Å². The monoisotopic (exact) mass is 328 g/mol. The van der Waals surface area contributed by atoms with Gasteiger partial charge < -0.3 is 5.32 Å². The summed E-state index contributed by atoms with van der Waals surface area (Å²) in [4.78, 5) is 2.16. The molecule has 0 aromatic heterocycles. The fraction of sp³-hybridized carbons (Fsp3) is 0.538. The van der Waals surface area contributed by atoms with Crippen LogP contribution < -0.4 is 5.32 Å². The fourth-order valence-corrected chi connectivity index (χ4v) is 2.54. The van der Waals surface area contributed by atoms with E-state index in [0.717, 1.165) is 32.2 Å². The summed E-state index contributed by atoms with van der Waals surface area (Å²) < 4.78 is 38.3. The first kappa shape index (κ1) is 17.6. The molecule has 20 heavy (non-hydrogen) atoms. The number of rotatable bonds is 2. The molecule has 1 heterocycles. The third-order valence-corrected chi connectivity index (χ3v) is 3.65. The molecular weight excluding hydrogens is 312 g/mol. The van der Waals surface area contributed by atoms with E-state index in [1.54, 1.807) is 6.07 Å². The van der Waals surface area contributed by atoms with Crippen molar-refractivity contribution in [3.8, 4) is 0 Å². The van der Waals surface area contributed by atoms with E-state index in [-0.39, 0.29) is 23.5 Å². The Labute approximate surface area is 127 Å². The predicted octanol–water partition coefficient (Wildman–Crippen LogP) is 3.75. The van der Waals surface area contributed by atoms with Crippen LogP contribution >= 0.6 is 24.0 Å². The number of hydrogen-bond donors (Lipinski definition) is 1. The molecule has 1 atom stereocenters. The minimum atomic E-state index is -4.36. The Balaban J connectivity index is 0.00000200. The molecule has 1 aromatic rings. The third kappa shape index (κ3) is 4.25. The molecule has 1 fully saturated rings. The van der Waals surface area contributed by atoms with Crippen molar-refractivity contribution in [2.75, 3.05) is 26.2 Å². The van der Waals surface area contributed by atoms with Gasteiger partial charge in [0.2, 0.25) is 0 Å². The minimum Gasteiger partial charge on any atom is -0.314 e. The van der Waals surface area contributed by atoms with Crippen LogP contribution in [0.2, 0.25) is 5.02 Å². The van der Waals surface area contributed by atoms with Gasteiger partial charge in [0.25, 0.3) is 0 Å². The molecule has 1 aliphatic heterocycles. The molecule has 1 aromatic carbocycles. The largest absolute Gasteiger partial charge is 0.416 e. The van der Waals surface area contributed by atoms with Gasteiger partial charge in [0, 0.05) is 37.2 Å². The Morgan fingerprint density at radius 1 is 1.20 bits per heavy atom. The summed E-state index contributed by atoms with van der Waals surface area (Å²) in [5, 5.41) is 3.35. The molecule has 7 heteroatoms. The molecule has 0 spiro atoms. The molecule has 114 valence electrons. The maximum absolute atomic E-state index is 12.8. The van der Waals surface area contributed by atoms with Crippen LogP contribution in [-0.4, -0.2) is 31.1 Å². The van der Waals surface area contributed by atoms with Crippen molar-refractivity contribution in [3.05, 3.63) is 34.3 Å². The first-order chi connectivity index (χ1) is 8.88. The summed E-state index contributed by atoms with van der Waals surface area (Å²) >= 11 is 5.81. The molecule has 1 saturated heterocycles. The van der Waals surface area contributed by atoms with Crippen LogP contribution in [0.1, 0.15) is 24.1 Å². The number of halogens is 5. The first-order valence-corrected chi connectivity index (χ1v) is 6.58. The van der Waals surface area contributed by atoms with Crippen LogP contribution in [0.15, 0.2) is 18.2 Å². The summed E-state index contributed by atoms with van der Waals surface area (Å²) in [5.74, 6) is 0. The summed E-state index contributed by atoms with van der Waals surface area (Å²) in [6, 6.07) is 3.71. The van der Waals surface area contributed by atoms with Gasteiger partial charge in [-0.3, -0.25) is 4.90 Å². The van der Waals surface area contributed by atoms with Crippen molar-refractivity contribution >= 4 is 24.0 Å². The molecule has 1 N–H and O–H groups in total. The van der Waals surface area contributed by atoms with E-state index >= 15 is 0 Å². The Kier molecular flexibility index (Phi) is 6.13. The quantitative estimate of drug-likeness (QED) is 0.889. The van der Waals surface area contributed by atoms with E-state index in [4.69, 9.17) is 11.6 Å². The van der Waals surface area contributed by atoms with Gasteiger partial charge in [0.05, 0.1) is 5.56 Å². The lowest BCUT2D eigenvalue weighted by Gasteiger charge is -2.33. The van der Waals surface area contributed by atoms with Crippen molar-refractivity contribution in [3.63, 3.8) is 0 Å². The molecular formula is C13H17Cl2F3N2. The number of benzene rings is 1. The zero-order chi connectivity index (χ0) is 14.0. The van der Waals surface area contributed by atoms with Crippen molar-refractivity contribution in [2.45, 2.75) is 19.1 Å². The van der Waals surface area contributed by atoms with Gasteiger partial charge in [-0.15, -0.1) is 12.4 Å². The number of nitrogens with one attached hydrogen (secondary N) is 1. The van der Waals surface area contributed by atoms with Crippen LogP contribution in [0.4, 0.5) is 13.2 Å². The second kappa shape index (κ2) is 6.98. The smallest absolute Gasteiger partial charge is 0.314 e. The average molecular weight is 329 g/mol. The van der Waals surface area contributed by atoms with E-state index in [9.17, 15) is 13.2 Å². The van der Waals surface area contributed by atoms with E-state index in [1.165, 1.54) is 6.07 Å². The van der Waals surface area contributed by atoms with Gasteiger partial charge in [-0.2, -0.15) is 13.2 Å². The summed E-state index contributed by atoms with van der Waals surface area (Å²) in [6.45, 7) is 5.29. The second-order valence-corrected chi connectivity index (χ2v) is 5.17. The molecule has 2 nitrogen and oxygen atoms in total. The lowest BCUT2D eigenvalue weighted by atomic mass is 10.0. The van der Waals surface area contributed by atoms with Crippen LogP contribution in [0.25, 0.3) is 0 Å².